The fraction of sp³-hybridized carbons (Fsp3) is 0.158. The Morgan fingerprint density at radius 3 is 2.54 bits per heavy atom. The van der Waals surface area contributed by atoms with Crippen molar-refractivity contribution in [1.29, 1.82) is 0 Å². The molecule has 0 amide bonds. The molecule has 0 fully saturated rings. The van der Waals surface area contributed by atoms with E-state index in [1.807, 2.05) is 49.6 Å². The maximum Gasteiger partial charge on any atom is 0.267 e. The van der Waals surface area contributed by atoms with Crippen LogP contribution in [0.15, 0.2) is 52.7 Å². The first-order chi connectivity index (χ1) is 13.4. The van der Waals surface area contributed by atoms with Crippen LogP contribution in [0.3, 0.4) is 0 Å². The fourth-order valence-corrected chi connectivity index (χ4v) is 4.85. The Morgan fingerprint density at radius 2 is 1.82 bits per heavy atom. The molecule has 4 aromatic rings. The van der Waals surface area contributed by atoms with Crippen molar-refractivity contribution in [2.45, 2.75) is 18.7 Å². The Labute approximate surface area is 166 Å². The molecule has 2 heterocycles. The first-order valence-corrected chi connectivity index (χ1v) is 10.8. The molecule has 0 spiro atoms. The Bertz CT molecular complexity index is 1260. The summed E-state index contributed by atoms with van der Waals surface area (Å²) in [5.74, 6) is 0.297. The molecule has 0 unspecified atom stereocenters. The third kappa shape index (κ3) is 3.23. The second-order valence-corrected chi connectivity index (χ2v) is 8.80. The smallest absolute Gasteiger partial charge is 0.267 e. The number of methoxy groups -OCH3 is 1. The number of aryl methyl sites for hydroxylation is 2. The Morgan fingerprint density at radius 1 is 1.11 bits per heavy atom. The molecule has 2 aromatic heterocycles. The summed E-state index contributed by atoms with van der Waals surface area (Å²) >= 11 is 1.39. The van der Waals surface area contributed by atoms with Crippen LogP contribution in [0.5, 0.6) is 5.75 Å². The van der Waals surface area contributed by atoms with Crippen LogP contribution in [-0.2, 0) is 10.0 Å². The molecule has 0 radical (unpaired) electrons. The molecule has 0 aliphatic carbocycles. The molecule has 2 aromatic carbocycles. The predicted octanol–water partition coefficient (Wildman–Crippen LogP) is 3.88. The van der Waals surface area contributed by atoms with E-state index in [0.717, 1.165) is 22.4 Å². The van der Waals surface area contributed by atoms with Crippen LogP contribution in [0.25, 0.3) is 16.2 Å². The second kappa shape index (κ2) is 6.92. The summed E-state index contributed by atoms with van der Waals surface area (Å²) in [6.45, 7) is 3.75. The van der Waals surface area contributed by atoms with Gasteiger partial charge >= 0.3 is 0 Å². The monoisotopic (exact) mass is 414 g/mol. The quantitative estimate of drug-likeness (QED) is 0.536. The van der Waals surface area contributed by atoms with E-state index in [1.165, 1.54) is 18.4 Å². The second-order valence-electron chi connectivity index (χ2n) is 6.31. The van der Waals surface area contributed by atoms with Crippen molar-refractivity contribution in [3.8, 4) is 17.0 Å². The Hall–Kier alpha value is -2.91. The van der Waals surface area contributed by atoms with E-state index in [9.17, 15) is 8.42 Å². The molecule has 0 atom stereocenters. The molecule has 7 nitrogen and oxygen atoms in total. The molecule has 0 aliphatic heterocycles. The number of sulfonamides is 1. The lowest BCUT2D eigenvalue weighted by molar-refractivity contribution is 0.402. The predicted molar refractivity (Wildman–Crippen MR) is 110 cm³/mol. The zero-order valence-corrected chi connectivity index (χ0v) is 17.1. The van der Waals surface area contributed by atoms with Crippen molar-refractivity contribution in [3.05, 3.63) is 59.0 Å². The lowest BCUT2D eigenvalue weighted by atomic mass is 10.1. The highest BCUT2D eigenvalue weighted by Crippen LogP contribution is 2.30. The van der Waals surface area contributed by atoms with Gasteiger partial charge in [0, 0.05) is 10.9 Å². The van der Waals surface area contributed by atoms with Crippen molar-refractivity contribution in [2.75, 3.05) is 11.8 Å². The van der Waals surface area contributed by atoms with Crippen LogP contribution >= 0.6 is 11.3 Å². The van der Waals surface area contributed by atoms with Crippen molar-refractivity contribution in [2.24, 2.45) is 0 Å². The molecular weight excluding hydrogens is 396 g/mol. The minimum atomic E-state index is -3.91. The third-order valence-electron chi connectivity index (χ3n) is 4.45. The zero-order chi connectivity index (χ0) is 19.9. The van der Waals surface area contributed by atoms with Crippen molar-refractivity contribution in [1.82, 2.24) is 14.6 Å². The average molecular weight is 415 g/mol. The van der Waals surface area contributed by atoms with Crippen molar-refractivity contribution < 1.29 is 13.2 Å². The number of benzene rings is 2. The number of thiazole rings is 1. The number of nitrogens with zero attached hydrogens (tertiary/aromatic N) is 3. The number of aromatic nitrogens is 3. The van der Waals surface area contributed by atoms with Gasteiger partial charge in [-0.25, -0.2) is 17.7 Å². The molecule has 144 valence electrons. The molecule has 0 bridgehead atoms. The van der Waals surface area contributed by atoms with E-state index in [2.05, 4.69) is 14.8 Å². The van der Waals surface area contributed by atoms with Gasteiger partial charge in [0.15, 0.2) is 0 Å². The van der Waals surface area contributed by atoms with Gasteiger partial charge in [0.1, 0.15) is 10.6 Å². The topological polar surface area (TPSA) is 85.6 Å². The van der Waals surface area contributed by atoms with Crippen molar-refractivity contribution in [3.63, 3.8) is 0 Å². The van der Waals surface area contributed by atoms with Crippen molar-refractivity contribution >= 4 is 32.3 Å². The number of anilines is 1. The number of ether oxygens (including phenoxy) is 1. The lowest BCUT2D eigenvalue weighted by Gasteiger charge is -2.12. The van der Waals surface area contributed by atoms with E-state index in [-0.39, 0.29) is 16.6 Å². The summed E-state index contributed by atoms with van der Waals surface area (Å²) in [4.78, 5) is 4.96. The van der Waals surface area contributed by atoms with Gasteiger partial charge in [0.2, 0.25) is 4.96 Å². The molecule has 0 saturated heterocycles. The lowest BCUT2D eigenvalue weighted by Crippen LogP contribution is -2.15. The summed E-state index contributed by atoms with van der Waals surface area (Å²) in [7, 11) is -2.46. The first-order valence-electron chi connectivity index (χ1n) is 8.47. The van der Waals surface area contributed by atoms with Gasteiger partial charge < -0.3 is 4.74 Å². The number of hydrogen-bond donors (Lipinski definition) is 1. The standard InChI is InChI=1S/C19H18N4O3S2/c1-12-9-16(26-3)17(10-13(12)2)28(24,25)22-18-20-19-23(21-18)15(11-27-19)14-7-5-4-6-8-14/h4-11H,1-3H3,(H,21,22). The molecule has 0 aliphatic rings. The molecule has 4 rings (SSSR count). The molecule has 28 heavy (non-hydrogen) atoms. The largest absolute Gasteiger partial charge is 0.495 e. The molecular formula is C19H18N4O3S2. The van der Waals surface area contributed by atoms with Gasteiger partial charge in [-0.2, -0.15) is 4.98 Å². The summed E-state index contributed by atoms with van der Waals surface area (Å²) in [5, 5.41) is 6.28. The van der Waals surface area contributed by atoms with E-state index in [1.54, 1.807) is 16.6 Å². The SMILES string of the molecule is COc1cc(C)c(C)cc1S(=O)(=O)Nc1nc2scc(-c3ccccc3)n2n1. The normalized spacial score (nSPS) is 11.7. The number of fused-ring (bicyclic) bond motifs is 1. The van der Waals surface area contributed by atoms with Crippen LogP contribution < -0.4 is 9.46 Å². The van der Waals surface area contributed by atoms with E-state index in [4.69, 9.17) is 4.74 Å². The van der Waals surface area contributed by atoms with Crippen LogP contribution in [-0.4, -0.2) is 30.1 Å². The molecule has 0 saturated carbocycles. The Kier molecular flexibility index (Phi) is 4.56. The Balaban J connectivity index is 1.72. The molecule has 9 heteroatoms. The number of nitrogens with one attached hydrogen (secondary N) is 1. The summed E-state index contributed by atoms with van der Waals surface area (Å²) in [6.07, 6.45) is 0. The van der Waals surface area contributed by atoms with Crippen LogP contribution in [0.2, 0.25) is 0 Å². The van der Waals surface area contributed by atoms with E-state index < -0.39 is 10.0 Å². The highest BCUT2D eigenvalue weighted by atomic mass is 32.2. The average Bonchev–Trinajstić information content (AvgIpc) is 3.23. The van der Waals surface area contributed by atoms with Crippen LogP contribution in [0, 0.1) is 13.8 Å². The zero-order valence-electron chi connectivity index (χ0n) is 15.5. The maximum absolute atomic E-state index is 12.9. The van der Waals surface area contributed by atoms with E-state index in [0.29, 0.717) is 4.96 Å². The van der Waals surface area contributed by atoms with Crippen LogP contribution in [0.1, 0.15) is 11.1 Å². The van der Waals surface area contributed by atoms with Crippen LogP contribution in [0.4, 0.5) is 5.95 Å². The highest BCUT2D eigenvalue weighted by molar-refractivity contribution is 7.92. The van der Waals surface area contributed by atoms with Gasteiger partial charge in [-0.1, -0.05) is 30.3 Å². The fourth-order valence-electron chi connectivity index (χ4n) is 2.84. The third-order valence-corrected chi connectivity index (χ3v) is 6.61. The maximum atomic E-state index is 12.9. The summed E-state index contributed by atoms with van der Waals surface area (Å²) in [6, 6.07) is 13.0. The van der Waals surface area contributed by atoms with Gasteiger partial charge in [-0.3, -0.25) is 0 Å². The summed E-state index contributed by atoms with van der Waals surface area (Å²) < 4.78 is 35.2. The highest BCUT2D eigenvalue weighted by Gasteiger charge is 2.23. The first kappa shape index (κ1) is 18.5. The number of hydrogen-bond acceptors (Lipinski definition) is 6. The molecule has 1 N–H and O–H groups in total. The van der Waals surface area contributed by atoms with Gasteiger partial charge in [0.25, 0.3) is 16.0 Å². The van der Waals surface area contributed by atoms with Gasteiger partial charge in [0.05, 0.1) is 12.8 Å². The minimum Gasteiger partial charge on any atom is -0.495 e. The van der Waals surface area contributed by atoms with Gasteiger partial charge in [-0.15, -0.1) is 16.4 Å². The minimum absolute atomic E-state index is 0.0179. The summed E-state index contributed by atoms with van der Waals surface area (Å²) in [5.41, 5.74) is 3.63. The number of rotatable bonds is 5. The van der Waals surface area contributed by atoms with E-state index >= 15 is 0 Å². The van der Waals surface area contributed by atoms with Gasteiger partial charge in [-0.05, 0) is 37.1 Å².